The normalized spacial score (nSPS) is 19.8. The van der Waals surface area contributed by atoms with E-state index in [9.17, 15) is 0 Å². The number of rotatable bonds is 3. The van der Waals surface area contributed by atoms with Gasteiger partial charge in [0.25, 0.3) is 0 Å². The van der Waals surface area contributed by atoms with Crippen LogP contribution in [0.2, 0.25) is 0 Å². The van der Waals surface area contributed by atoms with Gasteiger partial charge in [-0.3, -0.25) is 4.90 Å². The summed E-state index contributed by atoms with van der Waals surface area (Å²) >= 11 is 4.24. The molecule has 1 nitrogen and oxygen atoms in total. The van der Waals surface area contributed by atoms with Crippen LogP contribution in [-0.2, 0) is 0 Å². The minimum absolute atomic E-state index is 0.693. The molecule has 12 heavy (non-hydrogen) atoms. The van der Waals surface area contributed by atoms with Gasteiger partial charge in [-0.2, -0.15) is 12.6 Å². The average Bonchev–Trinajstić information content (AvgIpc) is 2.06. The first-order valence-corrected chi connectivity index (χ1v) is 5.40. The van der Waals surface area contributed by atoms with Crippen LogP contribution in [0.5, 0.6) is 0 Å². The second kappa shape index (κ2) is 4.93. The van der Waals surface area contributed by atoms with Crippen molar-refractivity contribution in [3.63, 3.8) is 0 Å². The molecular formula is C10H19NS. The maximum atomic E-state index is 4.24. The van der Waals surface area contributed by atoms with Crippen LogP contribution in [0.1, 0.15) is 26.7 Å². The molecule has 0 aromatic carbocycles. The molecule has 0 aromatic rings. The molecule has 2 heteroatoms. The monoisotopic (exact) mass is 185 g/mol. The van der Waals surface area contributed by atoms with E-state index in [1.807, 2.05) is 0 Å². The van der Waals surface area contributed by atoms with E-state index in [1.54, 1.807) is 5.57 Å². The van der Waals surface area contributed by atoms with Crippen molar-refractivity contribution in [2.24, 2.45) is 0 Å². The number of hydrogen-bond donors (Lipinski definition) is 1. The van der Waals surface area contributed by atoms with Crippen LogP contribution in [0.4, 0.5) is 0 Å². The predicted octanol–water partition coefficient (Wildman–Crippen LogP) is 2.35. The molecule has 0 amide bonds. The second-order valence-corrected chi connectivity index (χ2v) is 4.12. The van der Waals surface area contributed by atoms with Gasteiger partial charge in [0.2, 0.25) is 0 Å². The number of nitrogens with zero attached hydrogens (tertiary/aromatic N) is 1. The molecule has 0 aliphatic carbocycles. The highest BCUT2D eigenvalue weighted by Gasteiger charge is 2.12. The zero-order valence-corrected chi connectivity index (χ0v) is 8.98. The lowest BCUT2D eigenvalue weighted by atomic mass is 10.0. The molecule has 0 unspecified atom stereocenters. The summed E-state index contributed by atoms with van der Waals surface area (Å²) in [5, 5.41) is 0. The molecule has 0 aromatic heterocycles. The molecule has 1 heterocycles. The summed E-state index contributed by atoms with van der Waals surface area (Å²) in [6.45, 7) is 6.90. The summed E-state index contributed by atoms with van der Waals surface area (Å²) in [6, 6.07) is 0.693. The fourth-order valence-corrected chi connectivity index (χ4v) is 1.85. The van der Waals surface area contributed by atoms with Crippen LogP contribution in [0.25, 0.3) is 0 Å². The quantitative estimate of drug-likeness (QED) is 0.522. The van der Waals surface area contributed by atoms with Gasteiger partial charge in [-0.25, -0.2) is 0 Å². The van der Waals surface area contributed by atoms with Crippen molar-refractivity contribution >= 4 is 12.6 Å². The molecule has 0 bridgehead atoms. The van der Waals surface area contributed by atoms with E-state index in [0.29, 0.717) is 6.04 Å². The molecule has 0 atom stereocenters. The Morgan fingerprint density at radius 1 is 1.58 bits per heavy atom. The minimum Gasteiger partial charge on any atom is -0.297 e. The van der Waals surface area contributed by atoms with Gasteiger partial charge >= 0.3 is 0 Å². The summed E-state index contributed by atoms with van der Waals surface area (Å²) in [4.78, 5) is 2.50. The highest BCUT2D eigenvalue weighted by molar-refractivity contribution is 7.80. The van der Waals surface area contributed by atoms with Crippen molar-refractivity contribution in [1.29, 1.82) is 0 Å². The van der Waals surface area contributed by atoms with E-state index >= 15 is 0 Å². The maximum Gasteiger partial charge on any atom is 0.0168 e. The van der Waals surface area contributed by atoms with Crippen molar-refractivity contribution in [2.75, 3.05) is 18.8 Å². The summed E-state index contributed by atoms with van der Waals surface area (Å²) < 4.78 is 0. The Hall–Kier alpha value is 0.0500. The van der Waals surface area contributed by atoms with E-state index < -0.39 is 0 Å². The van der Waals surface area contributed by atoms with Crippen LogP contribution in [0.15, 0.2) is 11.6 Å². The zero-order chi connectivity index (χ0) is 8.97. The Kier molecular flexibility index (Phi) is 4.16. The molecule has 0 saturated carbocycles. The summed E-state index contributed by atoms with van der Waals surface area (Å²) in [5.74, 6) is 0.994. The molecule has 0 radical (unpaired) electrons. The van der Waals surface area contributed by atoms with Gasteiger partial charge in [0.05, 0.1) is 0 Å². The molecule has 0 saturated heterocycles. The van der Waals surface area contributed by atoms with Crippen LogP contribution >= 0.6 is 12.6 Å². The van der Waals surface area contributed by atoms with E-state index in [0.717, 1.165) is 12.3 Å². The summed E-state index contributed by atoms with van der Waals surface area (Å²) in [5.41, 5.74) is 1.60. The fourth-order valence-electron chi connectivity index (χ4n) is 1.57. The molecule has 1 aliphatic heterocycles. The van der Waals surface area contributed by atoms with Gasteiger partial charge in [-0.1, -0.05) is 11.6 Å². The van der Waals surface area contributed by atoms with Gasteiger partial charge in [-0.15, -0.1) is 0 Å². The van der Waals surface area contributed by atoms with Crippen LogP contribution in [0.3, 0.4) is 0 Å². The Morgan fingerprint density at radius 2 is 2.33 bits per heavy atom. The molecule has 1 aliphatic rings. The maximum absolute atomic E-state index is 4.24. The Labute approximate surface area is 81.2 Å². The molecule has 0 spiro atoms. The summed E-state index contributed by atoms with van der Waals surface area (Å²) in [7, 11) is 0. The molecule has 0 fully saturated rings. The predicted molar refractivity (Wildman–Crippen MR) is 57.9 cm³/mol. The van der Waals surface area contributed by atoms with E-state index in [-0.39, 0.29) is 0 Å². The van der Waals surface area contributed by atoms with Crippen LogP contribution in [0, 0.1) is 0 Å². The third-order valence-corrected chi connectivity index (χ3v) is 2.72. The van der Waals surface area contributed by atoms with Crippen molar-refractivity contribution < 1.29 is 0 Å². The van der Waals surface area contributed by atoms with Crippen molar-refractivity contribution in [2.45, 2.75) is 32.7 Å². The minimum atomic E-state index is 0.693. The highest BCUT2D eigenvalue weighted by atomic mass is 32.1. The van der Waals surface area contributed by atoms with E-state index in [4.69, 9.17) is 0 Å². The SMILES string of the molecule is CC(C)N1CC=C(CCS)CC1. The Balaban J connectivity index is 2.36. The largest absolute Gasteiger partial charge is 0.297 e. The van der Waals surface area contributed by atoms with Gasteiger partial charge in [0.1, 0.15) is 0 Å². The zero-order valence-electron chi connectivity index (χ0n) is 8.08. The third kappa shape index (κ3) is 2.83. The van der Waals surface area contributed by atoms with E-state index in [2.05, 4.69) is 37.5 Å². The van der Waals surface area contributed by atoms with Crippen molar-refractivity contribution in [3.8, 4) is 0 Å². The van der Waals surface area contributed by atoms with Gasteiger partial charge in [0.15, 0.2) is 0 Å². The van der Waals surface area contributed by atoms with Crippen LogP contribution < -0.4 is 0 Å². The smallest absolute Gasteiger partial charge is 0.0168 e. The lowest BCUT2D eigenvalue weighted by Crippen LogP contribution is -2.34. The Bertz CT molecular complexity index is 163. The number of thiol groups is 1. The lowest BCUT2D eigenvalue weighted by Gasteiger charge is -2.29. The Morgan fingerprint density at radius 3 is 2.75 bits per heavy atom. The molecule has 0 N–H and O–H groups in total. The van der Waals surface area contributed by atoms with Crippen molar-refractivity contribution in [1.82, 2.24) is 4.90 Å². The first-order chi connectivity index (χ1) is 5.74. The van der Waals surface area contributed by atoms with Crippen molar-refractivity contribution in [3.05, 3.63) is 11.6 Å². The van der Waals surface area contributed by atoms with Gasteiger partial charge in [0, 0.05) is 19.1 Å². The third-order valence-electron chi connectivity index (χ3n) is 2.50. The fraction of sp³-hybridized carbons (Fsp3) is 0.800. The molecular weight excluding hydrogens is 166 g/mol. The first-order valence-electron chi connectivity index (χ1n) is 4.77. The second-order valence-electron chi connectivity index (χ2n) is 3.67. The molecule has 1 rings (SSSR count). The van der Waals surface area contributed by atoms with Gasteiger partial charge < -0.3 is 0 Å². The number of hydrogen-bond acceptors (Lipinski definition) is 2. The average molecular weight is 185 g/mol. The lowest BCUT2D eigenvalue weighted by molar-refractivity contribution is 0.238. The summed E-state index contributed by atoms with van der Waals surface area (Å²) in [6.07, 6.45) is 4.80. The van der Waals surface area contributed by atoms with Crippen LogP contribution in [-0.4, -0.2) is 29.8 Å². The van der Waals surface area contributed by atoms with E-state index in [1.165, 1.54) is 19.4 Å². The highest BCUT2D eigenvalue weighted by Crippen LogP contribution is 2.15. The van der Waals surface area contributed by atoms with Gasteiger partial charge in [-0.05, 0) is 32.4 Å². The topological polar surface area (TPSA) is 3.24 Å². The first kappa shape index (κ1) is 10.1. The molecule has 70 valence electrons. The standard InChI is InChI=1S/C10H19NS/c1-9(2)11-6-3-10(4-7-11)5-8-12/h3,9,12H,4-8H2,1-2H3.